The molecule has 0 unspecified atom stereocenters. The number of hydrogen-bond donors (Lipinski definition) is 2. The predicted molar refractivity (Wildman–Crippen MR) is 69.0 cm³/mol. The molecule has 1 aromatic rings. The van der Waals surface area contributed by atoms with Crippen molar-refractivity contribution in [1.29, 1.82) is 0 Å². The van der Waals surface area contributed by atoms with E-state index in [1.165, 1.54) is 6.07 Å². The standard InChI is InChI=1S/C14H16FNO4/c1-9-3-2-4-10(11(9)15)12(17)16-14(13(18)19)5-7-20-8-6-14/h2-4H,5-8H2,1H3,(H,16,17)(H,18,19). The van der Waals surface area contributed by atoms with E-state index in [0.717, 1.165) is 0 Å². The fraction of sp³-hybridized carbons (Fsp3) is 0.429. The van der Waals surface area contributed by atoms with E-state index in [2.05, 4.69) is 5.32 Å². The van der Waals surface area contributed by atoms with E-state index < -0.39 is 23.2 Å². The van der Waals surface area contributed by atoms with Crippen molar-refractivity contribution in [2.75, 3.05) is 13.2 Å². The zero-order valence-electron chi connectivity index (χ0n) is 11.1. The molecule has 1 aliphatic heterocycles. The number of hydrogen-bond acceptors (Lipinski definition) is 3. The molecule has 1 aromatic carbocycles. The summed E-state index contributed by atoms with van der Waals surface area (Å²) in [6.07, 6.45) is 0.336. The van der Waals surface area contributed by atoms with E-state index in [9.17, 15) is 19.1 Å². The molecule has 0 spiro atoms. The number of ether oxygens (including phenoxy) is 1. The maximum Gasteiger partial charge on any atom is 0.329 e. The Labute approximate surface area is 115 Å². The van der Waals surface area contributed by atoms with Crippen LogP contribution in [0, 0.1) is 12.7 Å². The Balaban J connectivity index is 2.25. The summed E-state index contributed by atoms with van der Waals surface area (Å²) in [7, 11) is 0. The Morgan fingerprint density at radius 3 is 2.60 bits per heavy atom. The first kappa shape index (κ1) is 14.5. The highest BCUT2D eigenvalue weighted by atomic mass is 19.1. The third-order valence-electron chi connectivity index (χ3n) is 3.54. The molecule has 0 atom stereocenters. The van der Waals surface area contributed by atoms with Gasteiger partial charge in [-0.25, -0.2) is 9.18 Å². The van der Waals surface area contributed by atoms with E-state index in [4.69, 9.17) is 4.74 Å². The smallest absolute Gasteiger partial charge is 0.329 e. The second kappa shape index (κ2) is 5.58. The molecule has 20 heavy (non-hydrogen) atoms. The highest BCUT2D eigenvalue weighted by Crippen LogP contribution is 2.22. The quantitative estimate of drug-likeness (QED) is 0.880. The Kier molecular flexibility index (Phi) is 4.04. The Morgan fingerprint density at radius 2 is 2.00 bits per heavy atom. The van der Waals surface area contributed by atoms with E-state index in [1.807, 2.05) is 0 Å². The van der Waals surface area contributed by atoms with Crippen molar-refractivity contribution < 1.29 is 23.8 Å². The number of aliphatic carboxylic acids is 1. The van der Waals surface area contributed by atoms with Crippen molar-refractivity contribution in [3.63, 3.8) is 0 Å². The second-order valence-corrected chi connectivity index (χ2v) is 4.89. The molecule has 1 fully saturated rings. The molecule has 1 heterocycles. The van der Waals surface area contributed by atoms with Gasteiger partial charge in [-0.1, -0.05) is 12.1 Å². The maximum atomic E-state index is 13.9. The minimum Gasteiger partial charge on any atom is -0.480 e. The summed E-state index contributed by atoms with van der Waals surface area (Å²) in [4.78, 5) is 23.6. The van der Waals surface area contributed by atoms with Gasteiger partial charge < -0.3 is 15.2 Å². The number of aryl methyl sites for hydroxylation is 1. The third-order valence-corrected chi connectivity index (χ3v) is 3.54. The van der Waals surface area contributed by atoms with Crippen molar-refractivity contribution in [3.8, 4) is 0 Å². The molecule has 1 amide bonds. The lowest BCUT2D eigenvalue weighted by molar-refractivity contribution is -0.148. The molecule has 2 rings (SSSR count). The van der Waals surface area contributed by atoms with Gasteiger partial charge in [0.25, 0.3) is 5.91 Å². The van der Waals surface area contributed by atoms with Crippen LogP contribution in [0.1, 0.15) is 28.8 Å². The minimum atomic E-state index is -1.38. The minimum absolute atomic E-state index is 0.142. The Bertz CT molecular complexity index is 538. The summed E-state index contributed by atoms with van der Waals surface area (Å²) in [5, 5.41) is 11.8. The molecule has 0 aromatic heterocycles. The third kappa shape index (κ3) is 2.65. The summed E-state index contributed by atoms with van der Waals surface area (Å²) in [6.45, 7) is 2.05. The number of carboxylic acid groups (broad SMARTS) is 1. The lowest BCUT2D eigenvalue weighted by Crippen LogP contribution is -2.57. The second-order valence-electron chi connectivity index (χ2n) is 4.89. The highest BCUT2D eigenvalue weighted by molar-refractivity contribution is 5.98. The van der Waals surface area contributed by atoms with Crippen molar-refractivity contribution in [3.05, 3.63) is 35.1 Å². The molecule has 108 valence electrons. The van der Waals surface area contributed by atoms with E-state index in [0.29, 0.717) is 5.56 Å². The summed E-state index contributed by atoms with van der Waals surface area (Å²) >= 11 is 0. The predicted octanol–water partition coefficient (Wildman–Crippen LogP) is 1.50. The van der Waals surface area contributed by atoms with Crippen LogP contribution < -0.4 is 5.32 Å². The molecule has 0 aliphatic carbocycles. The van der Waals surface area contributed by atoms with Crippen LogP contribution in [0.4, 0.5) is 4.39 Å². The van der Waals surface area contributed by atoms with Gasteiger partial charge >= 0.3 is 5.97 Å². The van der Waals surface area contributed by atoms with Gasteiger partial charge in [-0.05, 0) is 18.6 Å². The Morgan fingerprint density at radius 1 is 1.35 bits per heavy atom. The molecule has 0 bridgehead atoms. The van der Waals surface area contributed by atoms with E-state index in [-0.39, 0.29) is 31.6 Å². The van der Waals surface area contributed by atoms with Crippen LogP contribution in [0.3, 0.4) is 0 Å². The summed E-state index contributed by atoms with van der Waals surface area (Å²) in [5.74, 6) is -2.46. The molecule has 5 nitrogen and oxygen atoms in total. The molecular weight excluding hydrogens is 265 g/mol. The average Bonchev–Trinajstić information content (AvgIpc) is 2.42. The van der Waals surface area contributed by atoms with E-state index >= 15 is 0 Å². The van der Waals surface area contributed by atoms with Crippen LogP contribution >= 0.6 is 0 Å². The molecule has 0 radical (unpaired) electrons. The monoisotopic (exact) mass is 281 g/mol. The first-order valence-corrected chi connectivity index (χ1v) is 6.35. The zero-order valence-corrected chi connectivity index (χ0v) is 11.1. The lowest BCUT2D eigenvalue weighted by Gasteiger charge is -2.33. The molecule has 0 saturated carbocycles. The van der Waals surface area contributed by atoms with Gasteiger partial charge in [-0.3, -0.25) is 4.79 Å². The number of carbonyl (C=O) groups excluding carboxylic acids is 1. The summed E-state index contributed by atoms with van der Waals surface area (Å²) in [5.41, 5.74) is -1.18. The van der Waals surface area contributed by atoms with Crippen LogP contribution in [0.15, 0.2) is 18.2 Å². The summed E-state index contributed by atoms with van der Waals surface area (Å²) in [6, 6.07) is 4.45. The van der Waals surface area contributed by atoms with Gasteiger partial charge in [0, 0.05) is 26.1 Å². The van der Waals surface area contributed by atoms with Gasteiger partial charge in [-0.15, -0.1) is 0 Å². The SMILES string of the molecule is Cc1cccc(C(=O)NC2(C(=O)O)CCOCC2)c1F. The number of amides is 1. The molecular formula is C14H16FNO4. The largest absolute Gasteiger partial charge is 0.480 e. The zero-order chi connectivity index (χ0) is 14.8. The van der Waals surface area contributed by atoms with E-state index in [1.54, 1.807) is 19.1 Å². The fourth-order valence-corrected chi connectivity index (χ4v) is 2.22. The number of halogens is 1. The average molecular weight is 281 g/mol. The van der Waals surface area contributed by atoms with Crippen LogP contribution in [0.2, 0.25) is 0 Å². The van der Waals surface area contributed by atoms with Gasteiger partial charge in [0.15, 0.2) is 0 Å². The first-order valence-electron chi connectivity index (χ1n) is 6.35. The Hall–Kier alpha value is -1.95. The normalized spacial score (nSPS) is 17.5. The van der Waals surface area contributed by atoms with Crippen LogP contribution in [0.25, 0.3) is 0 Å². The fourth-order valence-electron chi connectivity index (χ4n) is 2.22. The van der Waals surface area contributed by atoms with Crippen molar-refractivity contribution in [2.24, 2.45) is 0 Å². The molecule has 6 heteroatoms. The summed E-state index contributed by atoms with van der Waals surface area (Å²) < 4.78 is 19.0. The highest BCUT2D eigenvalue weighted by Gasteiger charge is 2.42. The lowest BCUT2D eigenvalue weighted by atomic mass is 9.89. The van der Waals surface area contributed by atoms with Gasteiger partial charge in [-0.2, -0.15) is 0 Å². The van der Waals surface area contributed by atoms with Crippen molar-refractivity contribution in [2.45, 2.75) is 25.3 Å². The number of benzene rings is 1. The van der Waals surface area contributed by atoms with Crippen LogP contribution in [0.5, 0.6) is 0 Å². The number of carboxylic acids is 1. The van der Waals surface area contributed by atoms with Gasteiger partial charge in [0.2, 0.25) is 0 Å². The molecule has 2 N–H and O–H groups in total. The van der Waals surface area contributed by atoms with Gasteiger partial charge in [0.1, 0.15) is 11.4 Å². The number of carbonyl (C=O) groups is 2. The van der Waals surface area contributed by atoms with Crippen LogP contribution in [-0.4, -0.2) is 35.7 Å². The molecule has 1 saturated heterocycles. The topological polar surface area (TPSA) is 75.6 Å². The molecule has 1 aliphatic rings. The number of nitrogens with one attached hydrogen (secondary N) is 1. The van der Waals surface area contributed by atoms with Crippen molar-refractivity contribution >= 4 is 11.9 Å². The van der Waals surface area contributed by atoms with Crippen molar-refractivity contribution in [1.82, 2.24) is 5.32 Å². The van der Waals surface area contributed by atoms with Crippen LogP contribution in [-0.2, 0) is 9.53 Å². The van der Waals surface area contributed by atoms with Gasteiger partial charge in [0.05, 0.1) is 5.56 Å². The maximum absolute atomic E-state index is 13.9. The first-order chi connectivity index (χ1) is 9.46. The number of rotatable bonds is 3.